The van der Waals surface area contributed by atoms with Crippen LogP contribution in [0, 0.1) is 5.92 Å². The Kier molecular flexibility index (Phi) is 5.00. The summed E-state index contributed by atoms with van der Waals surface area (Å²) in [5.74, 6) is 0.864. The minimum absolute atomic E-state index is 0.0530. The molecule has 7 nitrogen and oxygen atoms in total. The van der Waals surface area contributed by atoms with Crippen molar-refractivity contribution in [3.63, 3.8) is 0 Å². The van der Waals surface area contributed by atoms with Crippen LogP contribution in [-0.4, -0.2) is 64.3 Å². The number of piperazine rings is 1. The highest BCUT2D eigenvalue weighted by Crippen LogP contribution is 2.23. The number of hydrogen-bond acceptors (Lipinski definition) is 5. The Morgan fingerprint density at radius 3 is 2.52 bits per heavy atom. The first-order valence-electron chi connectivity index (χ1n) is 9.32. The standard InChI is InChI=1S/C20H23N5O2/c26-19-13-17(15-25(19)14-16-4-7-21-8-5-16)20(27)24-11-9-23(10-12-24)18-3-1-2-6-22-18/h1-8,17H,9-15H2. The highest BCUT2D eigenvalue weighted by Gasteiger charge is 2.37. The van der Waals surface area contributed by atoms with E-state index in [9.17, 15) is 9.59 Å². The van der Waals surface area contributed by atoms with Crippen molar-refractivity contribution in [2.75, 3.05) is 37.6 Å². The fraction of sp³-hybridized carbons (Fsp3) is 0.400. The topological polar surface area (TPSA) is 69.6 Å². The maximum atomic E-state index is 12.9. The third kappa shape index (κ3) is 3.92. The summed E-state index contributed by atoms with van der Waals surface area (Å²) in [5, 5.41) is 0. The summed E-state index contributed by atoms with van der Waals surface area (Å²) in [6.07, 6.45) is 5.54. The Labute approximate surface area is 158 Å². The van der Waals surface area contributed by atoms with Gasteiger partial charge in [-0.05, 0) is 29.8 Å². The van der Waals surface area contributed by atoms with Gasteiger partial charge in [-0.3, -0.25) is 14.6 Å². The van der Waals surface area contributed by atoms with E-state index in [1.54, 1.807) is 23.5 Å². The van der Waals surface area contributed by atoms with E-state index in [2.05, 4.69) is 14.9 Å². The summed E-state index contributed by atoms with van der Waals surface area (Å²) < 4.78 is 0. The molecule has 140 valence electrons. The van der Waals surface area contributed by atoms with Crippen molar-refractivity contribution in [1.82, 2.24) is 19.8 Å². The molecule has 27 heavy (non-hydrogen) atoms. The van der Waals surface area contributed by atoms with Crippen LogP contribution in [0.2, 0.25) is 0 Å². The van der Waals surface area contributed by atoms with Crippen molar-refractivity contribution in [1.29, 1.82) is 0 Å². The van der Waals surface area contributed by atoms with E-state index in [-0.39, 0.29) is 17.7 Å². The molecule has 2 amide bonds. The predicted octanol–water partition coefficient (Wildman–Crippen LogP) is 1.17. The van der Waals surface area contributed by atoms with Crippen LogP contribution in [-0.2, 0) is 16.1 Å². The molecule has 2 saturated heterocycles. The van der Waals surface area contributed by atoms with Crippen molar-refractivity contribution < 1.29 is 9.59 Å². The Balaban J connectivity index is 1.32. The van der Waals surface area contributed by atoms with E-state index in [1.807, 2.05) is 35.2 Å². The zero-order valence-corrected chi connectivity index (χ0v) is 15.2. The molecule has 0 saturated carbocycles. The van der Waals surface area contributed by atoms with Crippen molar-refractivity contribution in [3.05, 3.63) is 54.5 Å². The Morgan fingerprint density at radius 1 is 1.04 bits per heavy atom. The average Bonchev–Trinajstić information content (AvgIpc) is 3.09. The van der Waals surface area contributed by atoms with Crippen LogP contribution in [0.4, 0.5) is 5.82 Å². The Hall–Kier alpha value is -2.96. The molecule has 2 aromatic rings. The largest absolute Gasteiger partial charge is 0.353 e. The molecule has 1 unspecified atom stereocenters. The van der Waals surface area contributed by atoms with Crippen LogP contribution < -0.4 is 4.90 Å². The minimum atomic E-state index is -0.235. The molecule has 1 atom stereocenters. The quantitative estimate of drug-likeness (QED) is 0.814. The molecule has 4 rings (SSSR count). The van der Waals surface area contributed by atoms with E-state index >= 15 is 0 Å². The molecule has 2 fully saturated rings. The number of carbonyl (C=O) groups is 2. The first kappa shape index (κ1) is 17.5. The first-order valence-corrected chi connectivity index (χ1v) is 9.32. The monoisotopic (exact) mass is 365 g/mol. The van der Waals surface area contributed by atoms with Gasteiger partial charge in [0.2, 0.25) is 11.8 Å². The van der Waals surface area contributed by atoms with Crippen molar-refractivity contribution in [2.45, 2.75) is 13.0 Å². The van der Waals surface area contributed by atoms with Gasteiger partial charge in [-0.2, -0.15) is 0 Å². The van der Waals surface area contributed by atoms with Gasteiger partial charge < -0.3 is 14.7 Å². The van der Waals surface area contributed by atoms with Gasteiger partial charge in [0.05, 0.1) is 5.92 Å². The SMILES string of the molecule is O=C1CC(C(=O)N2CCN(c3ccccn3)CC2)CN1Cc1ccncc1. The van der Waals surface area contributed by atoms with Crippen LogP contribution in [0.15, 0.2) is 48.9 Å². The van der Waals surface area contributed by atoms with Crippen LogP contribution in [0.25, 0.3) is 0 Å². The van der Waals surface area contributed by atoms with E-state index < -0.39 is 0 Å². The highest BCUT2D eigenvalue weighted by atomic mass is 16.2. The zero-order valence-electron chi connectivity index (χ0n) is 15.2. The number of carbonyl (C=O) groups excluding carboxylic acids is 2. The maximum Gasteiger partial charge on any atom is 0.228 e. The van der Waals surface area contributed by atoms with Crippen LogP contribution in [0.5, 0.6) is 0 Å². The lowest BCUT2D eigenvalue weighted by Crippen LogP contribution is -2.50. The number of pyridine rings is 2. The lowest BCUT2D eigenvalue weighted by atomic mass is 10.1. The molecule has 0 radical (unpaired) electrons. The summed E-state index contributed by atoms with van der Waals surface area (Å²) in [5.41, 5.74) is 1.04. The number of likely N-dealkylation sites (tertiary alicyclic amines) is 1. The third-order valence-electron chi connectivity index (χ3n) is 5.25. The lowest BCUT2D eigenvalue weighted by Gasteiger charge is -2.36. The summed E-state index contributed by atoms with van der Waals surface area (Å²) in [6.45, 7) is 3.92. The lowest BCUT2D eigenvalue weighted by molar-refractivity contribution is -0.136. The molecular formula is C20H23N5O2. The Morgan fingerprint density at radius 2 is 1.81 bits per heavy atom. The average molecular weight is 365 g/mol. The second kappa shape index (κ2) is 7.73. The third-order valence-corrected chi connectivity index (χ3v) is 5.25. The molecule has 0 N–H and O–H groups in total. The number of aromatic nitrogens is 2. The second-order valence-corrected chi connectivity index (χ2v) is 7.03. The molecular weight excluding hydrogens is 342 g/mol. The van der Waals surface area contributed by atoms with Crippen molar-refractivity contribution in [3.8, 4) is 0 Å². The van der Waals surface area contributed by atoms with Crippen molar-refractivity contribution >= 4 is 17.6 Å². The van der Waals surface area contributed by atoms with Gasteiger partial charge in [-0.25, -0.2) is 4.98 Å². The zero-order chi connectivity index (χ0) is 18.6. The fourth-order valence-electron chi connectivity index (χ4n) is 3.75. The van der Waals surface area contributed by atoms with E-state index in [0.717, 1.165) is 24.5 Å². The summed E-state index contributed by atoms with van der Waals surface area (Å²) >= 11 is 0. The molecule has 0 aromatic carbocycles. The van der Waals surface area contributed by atoms with Gasteiger partial charge in [0.1, 0.15) is 5.82 Å². The number of anilines is 1. The smallest absolute Gasteiger partial charge is 0.228 e. The number of nitrogens with zero attached hydrogens (tertiary/aromatic N) is 5. The van der Waals surface area contributed by atoms with Gasteiger partial charge in [0.15, 0.2) is 0 Å². The minimum Gasteiger partial charge on any atom is -0.353 e. The van der Waals surface area contributed by atoms with Crippen LogP contribution in [0.3, 0.4) is 0 Å². The van der Waals surface area contributed by atoms with Gasteiger partial charge in [0, 0.05) is 64.3 Å². The molecule has 2 aliphatic heterocycles. The molecule has 4 heterocycles. The molecule has 0 spiro atoms. The van der Waals surface area contributed by atoms with E-state index in [0.29, 0.717) is 32.6 Å². The molecule has 0 aliphatic carbocycles. The second-order valence-electron chi connectivity index (χ2n) is 7.03. The van der Waals surface area contributed by atoms with Gasteiger partial charge in [0.25, 0.3) is 0 Å². The maximum absolute atomic E-state index is 12.9. The molecule has 7 heteroatoms. The number of amides is 2. The van der Waals surface area contributed by atoms with Gasteiger partial charge >= 0.3 is 0 Å². The molecule has 2 aliphatic rings. The highest BCUT2D eigenvalue weighted by molar-refractivity contribution is 5.89. The van der Waals surface area contributed by atoms with Gasteiger partial charge in [-0.1, -0.05) is 6.07 Å². The summed E-state index contributed by atoms with van der Waals surface area (Å²) in [4.78, 5) is 39.5. The fourth-order valence-corrected chi connectivity index (χ4v) is 3.75. The molecule has 0 bridgehead atoms. The van der Waals surface area contributed by atoms with Crippen molar-refractivity contribution in [2.24, 2.45) is 5.92 Å². The Bertz CT molecular complexity index is 791. The van der Waals surface area contributed by atoms with Crippen LogP contribution >= 0.6 is 0 Å². The summed E-state index contributed by atoms with van der Waals surface area (Å²) in [7, 11) is 0. The normalized spacial score (nSPS) is 20.2. The van der Waals surface area contributed by atoms with Crippen LogP contribution in [0.1, 0.15) is 12.0 Å². The van der Waals surface area contributed by atoms with Gasteiger partial charge in [-0.15, -0.1) is 0 Å². The number of hydrogen-bond donors (Lipinski definition) is 0. The van der Waals surface area contributed by atoms with E-state index in [1.165, 1.54) is 0 Å². The predicted molar refractivity (Wildman–Crippen MR) is 101 cm³/mol. The van der Waals surface area contributed by atoms with E-state index in [4.69, 9.17) is 0 Å². The first-order chi connectivity index (χ1) is 13.2. The summed E-state index contributed by atoms with van der Waals surface area (Å²) in [6, 6.07) is 9.67. The number of rotatable bonds is 4. The molecule has 2 aromatic heterocycles.